The molecule has 7 rings (SSSR count). The third-order valence-corrected chi connectivity index (χ3v) is 8.55. The third-order valence-electron chi connectivity index (χ3n) is 8.55. The van der Waals surface area contributed by atoms with Crippen LogP contribution < -0.4 is 5.32 Å². The molecule has 5 nitrogen and oxygen atoms in total. The Kier molecular flexibility index (Phi) is 4.20. The monoisotopic (exact) mass is 382 g/mol. The van der Waals surface area contributed by atoms with E-state index in [9.17, 15) is 5.11 Å². The summed E-state index contributed by atoms with van der Waals surface area (Å²) < 4.78 is 0. The van der Waals surface area contributed by atoms with Gasteiger partial charge in [0, 0.05) is 31.7 Å². The van der Waals surface area contributed by atoms with Crippen LogP contribution in [0.3, 0.4) is 0 Å². The molecule has 1 aliphatic heterocycles. The number of aromatic nitrogens is 2. The highest BCUT2D eigenvalue weighted by molar-refractivity contribution is 5.47. The van der Waals surface area contributed by atoms with Crippen molar-refractivity contribution >= 4 is 5.82 Å². The fraction of sp³-hybridized carbons (Fsp3) is 0.826. The molecular weight excluding hydrogens is 348 g/mol. The van der Waals surface area contributed by atoms with Gasteiger partial charge in [-0.25, -0.2) is 9.97 Å². The van der Waals surface area contributed by atoms with Crippen molar-refractivity contribution < 1.29 is 5.11 Å². The number of hydrogen-bond donors (Lipinski definition) is 2. The van der Waals surface area contributed by atoms with Gasteiger partial charge in [-0.15, -0.1) is 0 Å². The Hall–Kier alpha value is -1.20. The Balaban J connectivity index is 1.13. The Morgan fingerprint density at radius 2 is 1.82 bits per heavy atom. The maximum Gasteiger partial charge on any atom is 0.133 e. The summed E-state index contributed by atoms with van der Waals surface area (Å²) in [7, 11) is 0. The lowest BCUT2D eigenvalue weighted by molar-refractivity contribution is -0.115. The largest absolute Gasteiger partial charge is 0.391 e. The number of aliphatic hydroxyl groups is 1. The van der Waals surface area contributed by atoms with E-state index in [0.29, 0.717) is 6.54 Å². The molecule has 2 heterocycles. The van der Waals surface area contributed by atoms with Gasteiger partial charge in [0.05, 0.1) is 11.8 Å². The van der Waals surface area contributed by atoms with Crippen LogP contribution in [0.4, 0.5) is 5.82 Å². The van der Waals surface area contributed by atoms with Gasteiger partial charge >= 0.3 is 0 Å². The molecule has 4 bridgehead atoms. The topological polar surface area (TPSA) is 61.3 Å². The van der Waals surface area contributed by atoms with Gasteiger partial charge in [-0.05, 0) is 86.9 Å². The molecule has 1 aromatic heterocycles. The molecule has 1 atom stereocenters. The second kappa shape index (κ2) is 6.66. The zero-order valence-electron chi connectivity index (χ0n) is 16.9. The molecule has 0 spiro atoms. The van der Waals surface area contributed by atoms with E-state index in [0.717, 1.165) is 49.0 Å². The van der Waals surface area contributed by atoms with Crippen LogP contribution >= 0.6 is 0 Å². The van der Waals surface area contributed by atoms with E-state index in [-0.39, 0.29) is 11.5 Å². The summed E-state index contributed by atoms with van der Waals surface area (Å²) >= 11 is 0. The summed E-state index contributed by atoms with van der Waals surface area (Å²) in [5.74, 6) is 4.54. The maximum atomic E-state index is 11.2. The average molecular weight is 383 g/mol. The Labute approximate surface area is 168 Å². The lowest BCUT2D eigenvalue weighted by atomic mass is 9.48. The van der Waals surface area contributed by atoms with Gasteiger partial charge in [0.15, 0.2) is 0 Å². The maximum absolute atomic E-state index is 11.2. The van der Waals surface area contributed by atoms with E-state index in [2.05, 4.69) is 20.2 Å². The van der Waals surface area contributed by atoms with Crippen molar-refractivity contribution in [3.8, 4) is 0 Å². The molecule has 1 aromatic rings. The molecule has 152 valence electrons. The Morgan fingerprint density at radius 1 is 1.11 bits per heavy atom. The molecule has 0 amide bonds. The van der Waals surface area contributed by atoms with E-state index in [1.54, 1.807) is 6.33 Å². The number of fused-ring (bicyclic) bond motifs is 1. The lowest BCUT2D eigenvalue weighted by Gasteiger charge is -2.58. The van der Waals surface area contributed by atoms with E-state index in [1.165, 1.54) is 69.2 Å². The number of nitrogens with one attached hydrogen (secondary N) is 1. The van der Waals surface area contributed by atoms with Crippen molar-refractivity contribution in [3.63, 3.8) is 0 Å². The Morgan fingerprint density at radius 3 is 2.50 bits per heavy atom. The quantitative estimate of drug-likeness (QED) is 0.791. The second-order valence-electron chi connectivity index (χ2n) is 10.8. The summed E-state index contributed by atoms with van der Waals surface area (Å²) in [5.41, 5.74) is 2.65. The van der Waals surface area contributed by atoms with Gasteiger partial charge in [0.25, 0.3) is 0 Å². The van der Waals surface area contributed by atoms with Crippen molar-refractivity contribution in [2.24, 2.45) is 29.1 Å². The second-order valence-corrected chi connectivity index (χ2v) is 10.8. The Bertz CT molecular complexity index is 711. The average Bonchev–Trinajstić information content (AvgIpc) is 3.48. The highest BCUT2D eigenvalue weighted by Gasteiger charge is 2.53. The fourth-order valence-corrected chi connectivity index (χ4v) is 7.38. The normalized spacial score (nSPS) is 37.7. The molecule has 0 aromatic carbocycles. The van der Waals surface area contributed by atoms with Crippen LogP contribution in [-0.4, -0.2) is 45.7 Å². The number of hydrogen-bond acceptors (Lipinski definition) is 5. The smallest absolute Gasteiger partial charge is 0.133 e. The zero-order chi connectivity index (χ0) is 18.7. The predicted octanol–water partition coefficient (Wildman–Crippen LogP) is 3.23. The summed E-state index contributed by atoms with van der Waals surface area (Å²) in [6, 6.07) is 0. The minimum atomic E-state index is -0.249. The van der Waals surface area contributed by atoms with Crippen molar-refractivity contribution in [1.82, 2.24) is 14.9 Å². The van der Waals surface area contributed by atoms with E-state index < -0.39 is 0 Å². The van der Waals surface area contributed by atoms with Crippen LogP contribution in [-0.2, 0) is 13.0 Å². The first-order valence-corrected chi connectivity index (χ1v) is 11.6. The van der Waals surface area contributed by atoms with Crippen LogP contribution in [0, 0.1) is 29.1 Å². The molecule has 5 saturated carbocycles. The summed E-state index contributed by atoms with van der Waals surface area (Å²) in [4.78, 5) is 11.7. The van der Waals surface area contributed by atoms with Crippen LogP contribution in [0.15, 0.2) is 6.33 Å². The summed E-state index contributed by atoms with van der Waals surface area (Å²) in [6.07, 6.45) is 13.3. The molecule has 1 unspecified atom stereocenters. The van der Waals surface area contributed by atoms with E-state index in [1.807, 2.05) is 0 Å². The SMILES string of the molecule is OC(CNc1ncnc2c1CCN(CC1CC1)C2)C12CC3CC(CC(C3)C1)C2. The van der Waals surface area contributed by atoms with Crippen LogP contribution in [0.2, 0.25) is 0 Å². The van der Waals surface area contributed by atoms with Gasteiger partial charge in [0.1, 0.15) is 12.1 Å². The summed E-state index contributed by atoms with van der Waals surface area (Å²) in [6.45, 7) is 3.95. The van der Waals surface area contributed by atoms with Crippen LogP contribution in [0.25, 0.3) is 0 Å². The first-order chi connectivity index (χ1) is 13.7. The predicted molar refractivity (Wildman–Crippen MR) is 109 cm³/mol. The number of nitrogens with zero attached hydrogens (tertiary/aromatic N) is 3. The highest BCUT2D eigenvalue weighted by Crippen LogP contribution is 2.61. The summed E-state index contributed by atoms with van der Waals surface area (Å²) in [5, 5.41) is 14.8. The van der Waals surface area contributed by atoms with Gasteiger partial charge in [0.2, 0.25) is 0 Å². The number of aliphatic hydroxyl groups excluding tert-OH is 1. The molecule has 0 radical (unpaired) electrons. The number of rotatable bonds is 6. The zero-order valence-corrected chi connectivity index (χ0v) is 16.9. The molecule has 28 heavy (non-hydrogen) atoms. The van der Waals surface area contributed by atoms with Gasteiger partial charge in [-0.3, -0.25) is 4.90 Å². The highest BCUT2D eigenvalue weighted by atomic mass is 16.3. The van der Waals surface area contributed by atoms with Gasteiger partial charge in [-0.1, -0.05) is 0 Å². The number of anilines is 1. The minimum absolute atomic E-state index is 0.176. The van der Waals surface area contributed by atoms with Crippen molar-refractivity contribution in [2.45, 2.75) is 70.4 Å². The molecule has 5 fully saturated rings. The minimum Gasteiger partial charge on any atom is -0.391 e. The first kappa shape index (κ1) is 17.6. The van der Waals surface area contributed by atoms with Crippen molar-refractivity contribution in [2.75, 3.05) is 25.0 Å². The van der Waals surface area contributed by atoms with E-state index in [4.69, 9.17) is 0 Å². The van der Waals surface area contributed by atoms with E-state index >= 15 is 0 Å². The molecule has 5 aliphatic carbocycles. The van der Waals surface area contributed by atoms with Crippen LogP contribution in [0.5, 0.6) is 0 Å². The molecule has 6 aliphatic rings. The van der Waals surface area contributed by atoms with Gasteiger partial charge < -0.3 is 10.4 Å². The standard InChI is InChI=1S/C23H34N4O/c28-21(23-8-16-5-17(9-23)7-18(6-16)10-23)11-24-22-19-3-4-27(12-15-1-2-15)13-20(19)25-14-26-22/h14-18,21,28H,1-13H2,(H,24,25,26). The third kappa shape index (κ3) is 3.15. The molecule has 5 heteroatoms. The fourth-order valence-electron chi connectivity index (χ4n) is 7.38. The van der Waals surface area contributed by atoms with Crippen molar-refractivity contribution in [3.05, 3.63) is 17.6 Å². The molecule has 0 saturated heterocycles. The van der Waals surface area contributed by atoms with Gasteiger partial charge in [-0.2, -0.15) is 0 Å². The van der Waals surface area contributed by atoms with Crippen molar-refractivity contribution in [1.29, 1.82) is 0 Å². The van der Waals surface area contributed by atoms with Crippen LogP contribution in [0.1, 0.15) is 62.6 Å². The molecular formula is C23H34N4O. The first-order valence-electron chi connectivity index (χ1n) is 11.6. The molecule has 2 N–H and O–H groups in total. The lowest BCUT2D eigenvalue weighted by Crippen LogP contribution is -2.53.